The summed E-state index contributed by atoms with van der Waals surface area (Å²) in [6.07, 6.45) is 2.35. The summed E-state index contributed by atoms with van der Waals surface area (Å²) in [5.74, 6) is 0.628. The molecule has 0 bridgehead atoms. The first-order chi connectivity index (χ1) is 17.1. The molecule has 0 spiro atoms. The zero-order valence-corrected chi connectivity index (χ0v) is 23.2. The zero-order chi connectivity index (χ0) is 26.5. The van der Waals surface area contributed by atoms with E-state index in [1.54, 1.807) is 27.3 Å². The fraction of sp³-hybridized carbons (Fsp3) is 0.720. The molecule has 0 aliphatic carbocycles. The van der Waals surface area contributed by atoms with Gasteiger partial charge in [0, 0.05) is 20.4 Å². The molecule has 2 aromatic heterocycles. The first-order valence-electron chi connectivity index (χ1n) is 12.4. The van der Waals surface area contributed by atoms with E-state index in [-0.39, 0.29) is 30.1 Å². The lowest BCUT2D eigenvalue weighted by Crippen LogP contribution is -2.32. The number of pyridine rings is 1. The lowest BCUT2D eigenvalue weighted by atomic mass is 10.1. The van der Waals surface area contributed by atoms with E-state index in [0.29, 0.717) is 30.6 Å². The topological polar surface area (TPSA) is 115 Å². The van der Waals surface area contributed by atoms with Crippen molar-refractivity contribution in [1.29, 1.82) is 0 Å². The Balaban J connectivity index is 1.97. The third-order valence-electron chi connectivity index (χ3n) is 6.36. The van der Waals surface area contributed by atoms with Crippen LogP contribution in [0.3, 0.4) is 0 Å². The number of rotatable bonds is 13. The Morgan fingerprint density at radius 1 is 1.11 bits per heavy atom. The Hall–Kier alpha value is -1.92. The molecular formula is C25H40N4O6S. The smallest absolute Gasteiger partial charge is 0.163 e. The second-order valence-electron chi connectivity index (χ2n) is 9.80. The van der Waals surface area contributed by atoms with Crippen LogP contribution in [0.1, 0.15) is 81.7 Å². The van der Waals surface area contributed by atoms with Crippen LogP contribution >= 0.6 is 0 Å². The maximum absolute atomic E-state index is 13.8. The van der Waals surface area contributed by atoms with Crippen LogP contribution in [0.2, 0.25) is 0 Å². The van der Waals surface area contributed by atoms with Gasteiger partial charge in [0.25, 0.3) is 0 Å². The highest BCUT2D eigenvalue weighted by Crippen LogP contribution is 2.34. The van der Waals surface area contributed by atoms with Crippen LogP contribution in [0.4, 0.5) is 0 Å². The molecule has 0 unspecified atom stereocenters. The number of ether oxygens (including phenoxy) is 4. The number of methoxy groups -OCH3 is 2. The molecule has 0 aromatic carbocycles. The molecule has 0 saturated carbocycles. The van der Waals surface area contributed by atoms with Crippen LogP contribution < -0.4 is 0 Å². The average Bonchev–Trinajstić information content (AvgIpc) is 3.43. The number of aryl methyl sites for hydroxylation is 1. The zero-order valence-electron chi connectivity index (χ0n) is 22.4. The van der Waals surface area contributed by atoms with E-state index in [4.69, 9.17) is 18.9 Å². The summed E-state index contributed by atoms with van der Waals surface area (Å²) >= 11 is 0. The molecule has 1 aliphatic heterocycles. The van der Waals surface area contributed by atoms with Gasteiger partial charge in [-0.25, -0.2) is 8.42 Å². The summed E-state index contributed by atoms with van der Waals surface area (Å²) in [7, 11) is -0.536. The molecule has 0 N–H and O–H groups in total. The number of sulfone groups is 1. The van der Waals surface area contributed by atoms with Crippen molar-refractivity contribution in [2.75, 3.05) is 27.4 Å². The van der Waals surface area contributed by atoms with E-state index in [1.807, 2.05) is 44.4 Å². The van der Waals surface area contributed by atoms with Crippen molar-refractivity contribution in [2.24, 2.45) is 0 Å². The Morgan fingerprint density at radius 2 is 1.81 bits per heavy atom. The molecule has 1 saturated heterocycles. The number of aromatic nitrogens is 4. The second-order valence-corrected chi connectivity index (χ2v) is 12.2. The minimum atomic E-state index is -3.73. The monoisotopic (exact) mass is 524 g/mol. The molecule has 1 aliphatic rings. The highest BCUT2D eigenvalue weighted by atomic mass is 32.2. The number of hydrogen-bond donors (Lipinski definition) is 0. The summed E-state index contributed by atoms with van der Waals surface area (Å²) < 4.78 is 52.3. The Kier molecular flexibility index (Phi) is 9.99. The van der Waals surface area contributed by atoms with E-state index in [9.17, 15) is 8.42 Å². The van der Waals surface area contributed by atoms with Crippen LogP contribution in [0, 0.1) is 6.92 Å². The van der Waals surface area contributed by atoms with E-state index >= 15 is 0 Å². The summed E-state index contributed by atoms with van der Waals surface area (Å²) in [6.45, 7) is 10.0. The van der Waals surface area contributed by atoms with Crippen LogP contribution in [-0.2, 0) is 34.5 Å². The largest absolute Gasteiger partial charge is 0.382 e. The minimum absolute atomic E-state index is 0.103. The van der Waals surface area contributed by atoms with E-state index in [2.05, 4.69) is 15.2 Å². The molecular weight excluding hydrogens is 484 g/mol. The highest BCUT2D eigenvalue weighted by molar-refractivity contribution is 7.91. The third kappa shape index (κ3) is 6.89. The van der Waals surface area contributed by atoms with Crippen molar-refractivity contribution in [2.45, 2.75) is 88.9 Å². The first kappa shape index (κ1) is 28.6. The lowest BCUT2D eigenvalue weighted by Gasteiger charge is -2.27. The lowest BCUT2D eigenvalue weighted by molar-refractivity contribution is 0.00402. The summed E-state index contributed by atoms with van der Waals surface area (Å²) in [4.78, 5) is 4.46. The van der Waals surface area contributed by atoms with Gasteiger partial charge in [0.1, 0.15) is 23.8 Å². The predicted octanol–water partition coefficient (Wildman–Crippen LogP) is 3.53. The summed E-state index contributed by atoms with van der Waals surface area (Å²) in [6, 6.07) is 3.43. The molecule has 10 nitrogen and oxygen atoms in total. The molecule has 36 heavy (non-hydrogen) atoms. The van der Waals surface area contributed by atoms with Gasteiger partial charge in [-0.1, -0.05) is 6.07 Å². The molecule has 11 heteroatoms. The van der Waals surface area contributed by atoms with Crippen molar-refractivity contribution >= 4 is 9.84 Å². The quantitative estimate of drug-likeness (QED) is 0.388. The number of nitrogens with zero attached hydrogens (tertiary/aromatic N) is 4. The summed E-state index contributed by atoms with van der Waals surface area (Å²) in [5.41, 5.74) is 1.57. The molecule has 1 fully saturated rings. The Morgan fingerprint density at radius 3 is 2.33 bits per heavy atom. The van der Waals surface area contributed by atoms with Crippen molar-refractivity contribution in [1.82, 2.24) is 19.7 Å². The summed E-state index contributed by atoms with van der Waals surface area (Å²) in [5, 5.41) is 7.86. The van der Waals surface area contributed by atoms with Gasteiger partial charge in [0.05, 0.1) is 42.4 Å². The standard InChI is InChI=1S/C25H40N4O6S/c1-16(2)34-24(21-10-8-17(3)12-26-21)19(5)36(30,31)15-23-27-28-25(22-11-9-18(4)35-22)29(23)20(13-32-6)14-33-7/h8,10,12,16,18-20,22,24H,9,11,13-15H2,1-7H3/t18-,19-,22-,24+/m0/s1. The van der Waals surface area contributed by atoms with Gasteiger partial charge in [-0.2, -0.15) is 0 Å². The predicted molar refractivity (Wildman–Crippen MR) is 135 cm³/mol. The van der Waals surface area contributed by atoms with Crippen LogP contribution in [0.15, 0.2) is 18.3 Å². The maximum atomic E-state index is 13.8. The molecule has 202 valence electrons. The first-order valence-corrected chi connectivity index (χ1v) is 14.2. The minimum Gasteiger partial charge on any atom is -0.382 e. The van der Waals surface area contributed by atoms with Crippen molar-refractivity contribution in [3.63, 3.8) is 0 Å². The third-order valence-corrected chi connectivity index (χ3v) is 8.40. The molecule has 3 heterocycles. The van der Waals surface area contributed by atoms with Crippen LogP contribution in [-0.4, -0.2) is 73.1 Å². The van der Waals surface area contributed by atoms with E-state index < -0.39 is 21.2 Å². The van der Waals surface area contributed by atoms with Gasteiger partial charge in [-0.15, -0.1) is 10.2 Å². The van der Waals surface area contributed by atoms with Gasteiger partial charge >= 0.3 is 0 Å². The van der Waals surface area contributed by atoms with Gasteiger partial charge in [-0.05, 0) is 59.1 Å². The second kappa shape index (κ2) is 12.6. The van der Waals surface area contributed by atoms with Crippen LogP contribution in [0.5, 0.6) is 0 Å². The van der Waals surface area contributed by atoms with Gasteiger partial charge in [0.2, 0.25) is 0 Å². The van der Waals surface area contributed by atoms with Crippen molar-refractivity contribution in [3.05, 3.63) is 41.2 Å². The van der Waals surface area contributed by atoms with Gasteiger partial charge in [-0.3, -0.25) is 4.98 Å². The molecule has 0 radical (unpaired) electrons. The van der Waals surface area contributed by atoms with Gasteiger partial charge in [0.15, 0.2) is 15.7 Å². The van der Waals surface area contributed by atoms with E-state index in [0.717, 1.165) is 18.4 Å². The number of hydrogen-bond acceptors (Lipinski definition) is 9. The Labute approximate surface area is 214 Å². The van der Waals surface area contributed by atoms with Crippen LogP contribution in [0.25, 0.3) is 0 Å². The molecule has 2 aromatic rings. The van der Waals surface area contributed by atoms with E-state index in [1.165, 1.54) is 0 Å². The SMILES string of the molecule is COCC(COC)n1c(CS(=O)(=O)[C@@H](C)[C@@H](OC(C)C)c2ccc(C)cn2)nnc1[C@@H]1CC[C@H](C)O1. The van der Waals surface area contributed by atoms with Crippen molar-refractivity contribution in [3.8, 4) is 0 Å². The fourth-order valence-corrected chi connectivity index (χ4v) is 5.89. The van der Waals surface area contributed by atoms with Crippen molar-refractivity contribution < 1.29 is 27.4 Å². The highest BCUT2D eigenvalue weighted by Gasteiger charge is 2.37. The molecule has 0 amide bonds. The Bertz CT molecular complexity index is 1070. The molecule has 4 atom stereocenters. The molecule has 3 rings (SSSR count). The average molecular weight is 525 g/mol. The maximum Gasteiger partial charge on any atom is 0.163 e. The van der Waals surface area contributed by atoms with Gasteiger partial charge < -0.3 is 23.5 Å². The normalized spacial score (nSPS) is 20.4. The fourth-order valence-electron chi connectivity index (χ4n) is 4.49.